The van der Waals surface area contributed by atoms with Crippen molar-refractivity contribution in [2.24, 2.45) is 0 Å². The van der Waals surface area contributed by atoms with Crippen LogP contribution in [0.5, 0.6) is 0 Å². The van der Waals surface area contributed by atoms with Crippen LogP contribution in [-0.2, 0) is 9.53 Å². The summed E-state index contributed by atoms with van der Waals surface area (Å²) in [7, 11) is 0. The van der Waals surface area contributed by atoms with Crippen LogP contribution in [0, 0.1) is 0 Å². The Morgan fingerprint density at radius 3 is 2.84 bits per heavy atom. The van der Waals surface area contributed by atoms with E-state index in [0.29, 0.717) is 13.2 Å². The molecule has 0 aliphatic rings. The first-order chi connectivity index (χ1) is 9.08. The number of esters is 1. The molecule has 0 fully saturated rings. The zero-order valence-corrected chi connectivity index (χ0v) is 12.9. The highest BCUT2D eigenvalue weighted by atomic mass is 79.9. The van der Waals surface area contributed by atoms with Gasteiger partial charge in [-0.25, -0.2) is 0 Å². The van der Waals surface area contributed by atoms with E-state index in [9.17, 15) is 4.79 Å². The number of ether oxygens (including phenoxy) is 1. The number of benzene rings is 1. The zero-order chi connectivity index (χ0) is 14.3. The third kappa shape index (κ3) is 5.30. The molecule has 5 heteroatoms. The molecular formula is C14H20BrNO3. The molecule has 19 heavy (non-hydrogen) atoms. The fourth-order valence-electron chi connectivity index (χ4n) is 1.89. The Balaban J connectivity index is 2.77. The van der Waals surface area contributed by atoms with Crippen molar-refractivity contribution < 1.29 is 14.6 Å². The first-order valence-corrected chi connectivity index (χ1v) is 7.13. The number of nitrogens with zero attached hydrogens (tertiary/aromatic N) is 1. The van der Waals surface area contributed by atoms with E-state index in [-0.39, 0.29) is 25.2 Å². The van der Waals surface area contributed by atoms with E-state index >= 15 is 0 Å². The molecule has 1 aromatic carbocycles. The van der Waals surface area contributed by atoms with E-state index in [2.05, 4.69) is 15.9 Å². The van der Waals surface area contributed by atoms with Crippen LogP contribution in [0.1, 0.15) is 25.5 Å². The molecule has 1 atom stereocenters. The van der Waals surface area contributed by atoms with Crippen molar-refractivity contribution in [2.45, 2.75) is 19.9 Å². The smallest absolute Gasteiger partial charge is 0.320 e. The quantitative estimate of drug-likeness (QED) is 0.780. The van der Waals surface area contributed by atoms with Gasteiger partial charge in [-0.1, -0.05) is 28.1 Å². The fourth-order valence-corrected chi connectivity index (χ4v) is 2.30. The molecule has 0 bridgehead atoms. The summed E-state index contributed by atoms with van der Waals surface area (Å²) >= 11 is 3.43. The standard InChI is InChI=1S/C14H20BrNO3/c1-3-19-14(18)10-16(7-8-17)11(2)12-5-4-6-13(15)9-12/h4-6,9,11,17H,3,7-8,10H2,1-2H3. The highest BCUT2D eigenvalue weighted by molar-refractivity contribution is 9.10. The molecule has 0 heterocycles. The number of aliphatic hydroxyl groups excluding tert-OH is 1. The molecule has 0 aromatic heterocycles. The summed E-state index contributed by atoms with van der Waals surface area (Å²) in [5, 5.41) is 9.13. The van der Waals surface area contributed by atoms with Crippen LogP contribution in [0.2, 0.25) is 0 Å². The number of hydrogen-bond acceptors (Lipinski definition) is 4. The first kappa shape index (κ1) is 16.1. The fraction of sp³-hybridized carbons (Fsp3) is 0.500. The monoisotopic (exact) mass is 329 g/mol. The minimum Gasteiger partial charge on any atom is -0.465 e. The van der Waals surface area contributed by atoms with Gasteiger partial charge in [0.25, 0.3) is 0 Å². The van der Waals surface area contributed by atoms with Gasteiger partial charge in [0.15, 0.2) is 0 Å². The molecule has 1 aromatic rings. The topological polar surface area (TPSA) is 49.8 Å². The van der Waals surface area contributed by atoms with Crippen LogP contribution in [0.25, 0.3) is 0 Å². The number of rotatable bonds is 7. The third-order valence-electron chi connectivity index (χ3n) is 2.90. The Morgan fingerprint density at radius 2 is 2.26 bits per heavy atom. The van der Waals surface area contributed by atoms with Crippen molar-refractivity contribution in [3.63, 3.8) is 0 Å². The van der Waals surface area contributed by atoms with Gasteiger partial charge in [0.1, 0.15) is 0 Å². The summed E-state index contributed by atoms with van der Waals surface area (Å²) < 4.78 is 5.95. The number of carbonyl (C=O) groups excluding carboxylic acids is 1. The number of carbonyl (C=O) groups is 1. The molecule has 0 aliphatic carbocycles. The second kappa shape index (κ2) is 8.30. The minimum absolute atomic E-state index is 0.0117. The Hall–Kier alpha value is -0.910. The summed E-state index contributed by atoms with van der Waals surface area (Å²) in [6.45, 7) is 4.80. The minimum atomic E-state index is -0.266. The maximum Gasteiger partial charge on any atom is 0.320 e. The molecule has 0 saturated heterocycles. The van der Waals surface area contributed by atoms with Crippen molar-refractivity contribution in [1.82, 2.24) is 4.90 Å². The molecule has 0 amide bonds. The van der Waals surface area contributed by atoms with Crippen LogP contribution in [0.15, 0.2) is 28.7 Å². The summed E-state index contributed by atoms with van der Waals surface area (Å²) in [6.07, 6.45) is 0. The normalized spacial score (nSPS) is 12.5. The van der Waals surface area contributed by atoms with Crippen molar-refractivity contribution in [2.75, 3.05) is 26.3 Å². The Bertz CT molecular complexity index is 411. The largest absolute Gasteiger partial charge is 0.465 e. The SMILES string of the molecule is CCOC(=O)CN(CCO)C(C)c1cccc(Br)c1. The molecule has 0 spiro atoms. The van der Waals surface area contributed by atoms with E-state index < -0.39 is 0 Å². The molecule has 1 unspecified atom stereocenters. The lowest BCUT2D eigenvalue weighted by Gasteiger charge is -2.27. The molecule has 0 radical (unpaired) electrons. The van der Waals surface area contributed by atoms with E-state index in [1.54, 1.807) is 6.92 Å². The van der Waals surface area contributed by atoms with E-state index in [1.165, 1.54) is 0 Å². The van der Waals surface area contributed by atoms with Crippen molar-refractivity contribution in [3.8, 4) is 0 Å². The second-order valence-electron chi connectivity index (χ2n) is 4.23. The van der Waals surface area contributed by atoms with Crippen LogP contribution in [-0.4, -0.2) is 42.3 Å². The number of hydrogen-bond donors (Lipinski definition) is 1. The second-order valence-corrected chi connectivity index (χ2v) is 5.15. The zero-order valence-electron chi connectivity index (χ0n) is 11.3. The van der Waals surface area contributed by atoms with Crippen LogP contribution >= 0.6 is 15.9 Å². The van der Waals surface area contributed by atoms with E-state index in [1.807, 2.05) is 36.1 Å². The Morgan fingerprint density at radius 1 is 1.53 bits per heavy atom. The van der Waals surface area contributed by atoms with E-state index in [0.717, 1.165) is 10.0 Å². The molecule has 1 rings (SSSR count). The van der Waals surface area contributed by atoms with Crippen LogP contribution in [0.3, 0.4) is 0 Å². The van der Waals surface area contributed by atoms with Crippen molar-refractivity contribution in [3.05, 3.63) is 34.3 Å². The van der Waals surface area contributed by atoms with Gasteiger partial charge < -0.3 is 9.84 Å². The maximum atomic E-state index is 11.6. The van der Waals surface area contributed by atoms with Gasteiger partial charge in [0.05, 0.1) is 19.8 Å². The first-order valence-electron chi connectivity index (χ1n) is 6.34. The molecule has 0 saturated carbocycles. The Kier molecular flexibility index (Phi) is 7.05. The summed E-state index contributed by atoms with van der Waals surface area (Å²) in [4.78, 5) is 13.5. The van der Waals surface area contributed by atoms with Crippen molar-refractivity contribution >= 4 is 21.9 Å². The van der Waals surface area contributed by atoms with Gasteiger partial charge in [-0.05, 0) is 31.5 Å². The summed E-state index contributed by atoms with van der Waals surface area (Å²) in [5.41, 5.74) is 1.09. The van der Waals surface area contributed by atoms with Gasteiger partial charge >= 0.3 is 5.97 Å². The molecule has 4 nitrogen and oxygen atoms in total. The average Bonchev–Trinajstić information content (AvgIpc) is 2.37. The van der Waals surface area contributed by atoms with Gasteiger partial charge in [0.2, 0.25) is 0 Å². The summed E-state index contributed by atoms with van der Waals surface area (Å²) in [5.74, 6) is -0.266. The van der Waals surface area contributed by atoms with Gasteiger partial charge in [-0.2, -0.15) is 0 Å². The van der Waals surface area contributed by atoms with Gasteiger partial charge in [-0.15, -0.1) is 0 Å². The van der Waals surface area contributed by atoms with Crippen LogP contribution in [0.4, 0.5) is 0 Å². The average molecular weight is 330 g/mol. The third-order valence-corrected chi connectivity index (χ3v) is 3.40. The highest BCUT2D eigenvalue weighted by Crippen LogP contribution is 2.22. The predicted octanol–water partition coefficient (Wildman–Crippen LogP) is 2.37. The molecule has 1 N–H and O–H groups in total. The van der Waals surface area contributed by atoms with E-state index in [4.69, 9.17) is 9.84 Å². The highest BCUT2D eigenvalue weighted by Gasteiger charge is 2.19. The molecule has 0 aliphatic heterocycles. The predicted molar refractivity (Wildman–Crippen MR) is 77.8 cm³/mol. The lowest BCUT2D eigenvalue weighted by atomic mass is 10.1. The Labute approximate surface area is 122 Å². The van der Waals surface area contributed by atoms with Gasteiger partial charge in [-0.3, -0.25) is 9.69 Å². The lowest BCUT2D eigenvalue weighted by molar-refractivity contribution is -0.145. The number of aliphatic hydroxyl groups is 1. The molecular weight excluding hydrogens is 310 g/mol. The van der Waals surface area contributed by atoms with Crippen molar-refractivity contribution in [1.29, 1.82) is 0 Å². The van der Waals surface area contributed by atoms with Crippen LogP contribution < -0.4 is 0 Å². The van der Waals surface area contributed by atoms with Gasteiger partial charge in [0, 0.05) is 17.1 Å². The lowest BCUT2D eigenvalue weighted by Crippen LogP contribution is -2.35. The number of halogens is 1. The maximum absolute atomic E-state index is 11.6. The molecule has 106 valence electrons. The summed E-state index contributed by atoms with van der Waals surface area (Å²) in [6, 6.07) is 7.97.